The van der Waals surface area contributed by atoms with E-state index in [1.54, 1.807) is 6.07 Å². The third-order valence-electron chi connectivity index (χ3n) is 1.61. The van der Waals surface area contributed by atoms with Crippen molar-refractivity contribution in [2.45, 2.75) is 13.3 Å². The number of benzene rings is 1. The van der Waals surface area contributed by atoms with E-state index in [2.05, 4.69) is 0 Å². The molecule has 0 aliphatic rings. The molecule has 0 radical (unpaired) electrons. The normalized spacial score (nSPS) is 9.64. The first-order valence-electron chi connectivity index (χ1n) is 3.53. The number of carbonyl (C=O) groups is 1. The summed E-state index contributed by atoms with van der Waals surface area (Å²) in [5.41, 5.74) is 1.63. The Labute approximate surface area is 71.0 Å². The van der Waals surface area contributed by atoms with E-state index in [-0.39, 0.29) is 5.24 Å². The summed E-state index contributed by atoms with van der Waals surface area (Å²) in [7, 11) is 0. The monoisotopic (exact) mass is 168 g/mol. The molecule has 0 spiro atoms. The molecule has 0 N–H and O–H groups in total. The summed E-state index contributed by atoms with van der Waals surface area (Å²) < 4.78 is 0. The molecule has 0 heterocycles. The van der Waals surface area contributed by atoms with E-state index in [0.717, 1.165) is 12.0 Å². The van der Waals surface area contributed by atoms with Gasteiger partial charge in [-0.2, -0.15) is 0 Å². The van der Waals surface area contributed by atoms with Gasteiger partial charge in [-0.05, 0) is 29.7 Å². The number of hydrogen-bond donors (Lipinski definition) is 0. The molecule has 0 aliphatic carbocycles. The number of aryl methyl sites for hydroxylation is 1. The molecule has 0 aromatic heterocycles. The van der Waals surface area contributed by atoms with Gasteiger partial charge in [-0.3, -0.25) is 4.79 Å². The fourth-order valence-electron chi connectivity index (χ4n) is 1.02. The fraction of sp³-hybridized carbons (Fsp3) is 0.222. The molecule has 0 saturated carbocycles. The minimum absolute atomic E-state index is 0.373. The topological polar surface area (TPSA) is 17.1 Å². The third kappa shape index (κ3) is 1.81. The number of hydrogen-bond acceptors (Lipinski definition) is 1. The maximum atomic E-state index is 10.8. The largest absolute Gasteiger partial charge is 0.276 e. The summed E-state index contributed by atoms with van der Waals surface area (Å²) in [6.07, 6.45) is 0.842. The Morgan fingerprint density at radius 1 is 1.45 bits per heavy atom. The summed E-state index contributed by atoms with van der Waals surface area (Å²) >= 11 is 5.35. The first-order valence-corrected chi connectivity index (χ1v) is 3.91. The minimum atomic E-state index is -0.373. The Morgan fingerprint density at radius 3 is 2.55 bits per heavy atom. The van der Waals surface area contributed by atoms with Crippen LogP contribution >= 0.6 is 11.6 Å². The predicted molar refractivity (Wildman–Crippen MR) is 46.0 cm³/mol. The van der Waals surface area contributed by atoms with Gasteiger partial charge >= 0.3 is 0 Å². The lowest BCUT2D eigenvalue weighted by molar-refractivity contribution is 0.108. The lowest BCUT2D eigenvalue weighted by atomic mass is 10.1. The molecule has 0 unspecified atom stereocenters. The van der Waals surface area contributed by atoms with Crippen molar-refractivity contribution < 1.29 is 4.79 Å². The zero-order chi connectivity index (χ0) is 8.27. The SMILES string of the molecule is CCc1ccccc1C(=O)Cl. The highest BCUT2D eigenvalue weighted by Crippen LogP contribution is 2.11. The Kier molecular flexibility index (Phi) is 2.66. The Hall–Kier alpha value is -0.820. The lowest BCUT2D eigenvalue weighted by Crippen LogP contribution is -1.94. The molecule has 0 atom stereocenters. The maximum absolute atomic E-state index is 10.8. The van der Waals surface area contributed by atoms with E-state index in [4.69, 9.17) is 11.6 Å². The van der Waals surface area contributed by atoms with Crippen molar-refractivity contribution in [3.05, 3.63) is 35.4 Å². The van der Waals surface area contributed by atoms with Crippen molar-refractivity contribution in [1.82, 2.24) is 0 Å². The third-order valence-corrected chi connectivity index (χ3v) is 1.81. The van der Waals surface area contributed by atoms with Crippen LogP contribution in [0.1, 0.15) is 22.8 Å². The molecule has 1 rings (SSSR count). The van der Waals surface area contributed by atoms with Gasteiger partial charge in [0.25, 0.3) is 5.24 Å². The van der Waals surface area contributed by atoms with E-state index in [9.17, 15) is 4.79 Å². The summed E-state index contributed by atoms with van der Waals surface area (Å²) in [5, 5.41) is -0.373. The first-order chi connectivity index (χ1) is 5.25. The van der Waals surface area contributed by atoms with Crippen LogP contribution in [0.2, 0.25) is 0 Å². The summed E-state index contributed by atoms with van der Waals surface area (Å²) in [6, 6.07) is 7.38. The second-order valence-corrected chi connectivity index (χ2v) is 2.63. The fourth-order valence-corrected chi connectivity index (χ4v) is 1.20. The van der Waals surface area contributed by atoms with Gasteiger partial charge in [0.1, 0.15) is 0 Å². The molecular formula is C9H9ClO. The summed E-state index contributed by atoms with van der Waals surface area (Å²) in [6.45, 7) is 2.00. The summed E-state index contributed by atoms with van der Waals surface area (Å²) in [4.78, 5) is 10.8. The van der Waals surface area contributed by atoms with Crippen LogP contribution in [-0.2, 0) is 6.42 Å². The van der Waals surface area contributed by atoms with E-state index < -0.39 is 0 Å². The van der Waals surface area contributed by atoms with Crippen LogP contribution in [0.25, 0.3) is 0 Å². The van der Waals surface area contributed by atoms with Gasteiger partial charge in [0.05, 0.1) is 0 Å². The summed E-state index contributed by atoms with van der Waals surface area (Å²) in [5.74, 6) is 0. The van der Waals surface area contributed by atoms with E-state index >= 15 is 0 Å². The molecule has 0 fully saturated rings. The highest BCUT2D eigenvalue weighted by atomic mass is 35.5. The van der Waals surface area contributed by atoms with Crippen LogP contribution in [-0.4, -0.2) is 5.24 Å². The average molecular weight is 169 g/mol. The molecule has 58 valence electrons. The molecule has 1 aromatic carbocycles. The van der Waals surface area contributed by atoms with Crippen LogP contribution in [0.3, 0.4) is 0 Å². The second kappa shape index (κ2) is 3.54. The molecule has 0 saturated heterocycles. The highest BCUT2D eigenvalue weighted by Gasteiger charge is 2.04. The molecule has 11 heavy (non-hydrogen) atoms. The first kappa shape index (κ1) is 8.28. The quantitative estimate of drug-likeness (QED) is 0.621. The van der Waals surface area contributed by atoms with E-state index in [1.165, 1.54) is 0 Å². The smallest absolute Gasteiger partial charge is 0.252 e. The number of halogens is 1. The van der Waals surface area contributed by atoms with E-state index in [0.29, 0.717) is 5.56 Å². The van der Waals surface area contributed by atoms with Crippen LogP contribution in [0.5, 0.6) is 0 Å². The van der Waals surface area contributed by atoms with Gasteiger partial charge in [-0.15, -0.1) is 0 Å². The standard InChI is InChI=1S/C9H9ClO/c1-2-7-5-3-4-6-8(7)9(10)11/h3-6H,2H2,1H3. The molecule has 1 aromatic rings. The van der Waals surface area contributed by atoms with Crippen molar-refractivity contribution >= 4 is 16.8 Å². The lowest BCUT2D eigenvalue weighted by Gasteiger charge is -2.00. The van der Waals surface area contributed by atoms with Crippen molar-refractivity contribution in [3.63, 3.8) is 0 Å². The molecule has 2 heteroatoms. The van der Waals surface area contributed by atoms with Gasteiger partial charge in [0, 0.05) is 5.56 Å². The van der Waals surface area contributed by atoms with Crippen LogP contribution in [0.4, 0.5) is 0 Å². The van der Waals surface area contributed by atoms with Crippen molar-refractivity contribution in [1.29, 1.82) is 0 Å². The number of rotatable bonds is 2. The van der Waals surface area contributed by atoms with E-state index in [1.807, 2.05) is 25.1 Å². The van der Waals surface area contributed by atoms with Gasteiger partial charge in [0.2, 0.25) is 0 Å². The van der Waals surface area contributed by atoms with Gasteiger partial charge in [-0.25, -0.2) is 0 Å². The number of carbonyl (C=O) groups excluding carboxylic acids is 1. The van der Waals surface area contributed by atoms with Crippen molar-refractivity contribution in [2.24, 2.45) is 0 Å². The highest BCUT2D eigenvalue weighted by molar-refractivity contribution is 6.67. The Morgan fingerprint density at radius 2 is 2.09 bits per heavy atom. The predicted octanol–water partition coefficient (Wildman–Crippen LogP) is 2.63. The molecular weight excluding hydrogens is 160 g/mol. The van der Waals surface area contributed by atoms with Gasteiger partial charge in [-0.1, -0.05) is 25.1 Å². The van der Waals surface area contributed by atoms with Gasteiger partial charge in [0.15, 0.2) is 0 Å². The Bertz CT molecular complexity index is 268. The van der Waals surface area contributed by atoms with Crippen molar-refractivity contribution in [2.75, 3.05) is 0 Å². The zero-order valence-corrected chi connectivity index (χ0v) is 7.06. The van der Waals surface area contributed by atoms with Gasteiger partial charge < -0.3 is 0 Å². The Balaban J connectivity index is 3.12. The van der Waals surface area contributed by atoms with Crippen LogP contribution in [0, 0.1) is 0 Å². The second-order valence-electron chi connectivity index (χ2n) is 2.28. The van der Waals surface area contributed by atoms with Crippen molar-refractivity contribution in [3.8, 4) is 0 Å². The van der Waals surface area contributed by atoms with Crippen LogP contribution in [0.15, 0.2) is 24.3 Å². The maximum Gasteiger partial charge on any atom is 0.252 e. The zero-order valence-electron chi connectivity index (χ0n) is 6.30. The van der Waals surface area contributed by atoms with Crippen LogP contribution < -0.4 is 0 Å². The molecule has 0 bridgehead atoms. The molecule has 0 amide bonds. The minimum Gasteiger partial charge on any atom is -0.276 e. The average Bonchev–Trinajstić information content (AvgIpc) is 2.04. The molecule has 1 nitrogen and oxygen atoms in total. The molecule has 0 aliphatic heterocycles.